The van der Waals surface area contributed by atoms with Crippen LogP contribution in [0.4, 0.5) is 13.2 Å². The van der Waals surface area contributed by atoms with E-state index < -0.39 is 11.7 Å². The van der Waals surface area contributed by atoms with Crippen LogP contribution < -0.4 is 0 Å². The minimum absolute atomic E-state index is 0.0749. The van der Waals surface area contributed by atoms with E-state index in [4.69, 9.17) is 0 Å². The summed E-state index contributed by atoms with van der Waals surface area (Å²) in [6, 6.07) is 13.2. The molecule has 0 saturated heterocycles. The fourth-order valence-corrected chi connectivity index (χ4v) is 2.02. The normalized spacial score (nSPS) is 11.9. The molecule has 0 N–H and O–H groups in total. The van der Waals surface area contributed by atoms with Gasteiger partial charge in [0.05, 0.1) is 5.56 Å². The van der Waals surface area contributed by atoms with Crippen molar-refractivity contribution in [2.24, 2.45) is 0 Å². The van der Waals surface area contributed by atoms with Crippen LogP contribution >= 0.6 is 0 Å². The largest absolute Gasteiger partial charge is 0.417 e. The van der Waals surface area contributed by atoms with Gasteiger partial charge in [0.1, 0.15) is 0 Å². The second-order valence-electron chi connectivity index (χ2n) is 4.82. The molecule has 0 bridgehead atoms. The lowest BCUT2D eigenvalue weighted by Gasteiger charge is -2.16. The molecule has 100 valence electrons. The molecule has 0 heterocycles. The summed E-state index contributed by atoms with van der Waals surface area (Å²) in [5.74, 6) is 0.0749. The van der Waals surface area contributed by atoms with Crippen LogP contribution in [-0.2, 0) is 6.18 Å². The minimum Gasteiger partial charge on any atom is -0.166 e. The van der Waals surface area contributed by atoms with Gasteiger partial charge in [0.15, 0.2) is 0 Å². The Labute approximate surface area is 110 Å². The maximum absolute atomic E-state index is 13.2. The Kier molecular flexibility index (Phi) is 3.65. The highest BCUT2D eigenvalue weighted by molar-refractivity contribution is 5.68. The lowest BCUT2D eigenvalue weighted by Crippen LogP contribution is -2.08. The first kappa shape index (κ1) is 13.7. The van der Waals surface area contributed by atoms with Gasteiger partial charge in [-0.2, -0.15) is 13.2 Å². The van der Waals surface area contributed by atoms with Gasteiger partial charge >= 0.3 is 6.18 Å². The van der Waals surface area contributed by atoms with Crippen LogP contribution in [0.3, 0.4) is 0 Å². The summed E-state index contributed by atoms with van der Waals surface area (Å²) in [5.41, 5.74) is 0.958. The third-order valence-electron chi connectivity index (χ3n) is 3.10. The maximum atomic E-state index is 13.2. The molecule has 0 nitrogen and oxygen atoms in total. The van der Waals surface area contributed by atoms with Gasteiger partial charge in [0.2, 0.25) is 0 Å². The SMILES string of the molecule is CC(C)c1ccc(-c2ccccc2)c(C(F)(F)F)c1. The molecule has 0 spiro atoms. The predicted molar refractivity (Wildman–Crippen MR) is 71.0 cm³/mol. The zero-order valence-electron chi connectivity index (χ0n) is 10.8. The predicted octanol–water partition coefficient (Wildman–Crippen LogP) is 5.50. The van der Waals surface area contributed by atoms with E-state index in [1.807, 2.05) is 13.8 Å². The average molecular weight is 264 g/mol. The van der Waals surface area contributed by atoms with Crippen molar-refractivity contribution >= 4 is 0 Å². The van der Waals surface area contributed by atoms with Crippen LogP contribution in [0.5, 0.6) is 0 Å². The highest BCUT2D eigenvalue weighted by atomic mass is 19.4. The minimum atomic E-state index is -4.34. The number of alkyl halides is 3. The second-order valence-corrected chi connectivity index (χ2v) is 4.82. The summed E-state index contributed by atoms with van der Waals surface area (Å²) >= 11 is 0. The summed E-state index contributed by atoms with van der Waals surface area (Å²) in [4.78, 5) is 0. The van der Waals surface area contributed by atoms with Crippen molar-refractivity contribution in [2.45, 2.75) is 25.9 Å². The molecule has 0 aliphatic rings. The summed E-state index contributed by atoms with van der Waals surface area (Å²) < 4.78 is 39.5. The molecule has 0 aliphatic carbocycles. The molecule has 3 heteroatoms. The van der Waals surface area contributed by atoms with E-state index in [9.17, 15) is 13.2 Å². The molecule has 0 aromatic heterocycles. The van der Waals surface area contributed by atoms with E-state index in [1.165, 1.54) is 6.07 Å². The molecule has 0 radical (unpaired) electrons. The number of benzene rings is 2. The zero-order chi connectivity index (χ0) is 14.0. The standard InChI is InChI=1S/C16H15F3/c1-11(2)13-8-9-14(12-6-4-3-5-7-12)15(10-13)16(17,18)19/h3-11H,1-2H3. The van der Waals surface area contributed by atoms with Crippen LogP contribution in [0.15, 0.2) is 48.5 Å². The van der Waals surface area contributed by atoms with Crippen LogP contribution in [0.1, 0.15) is 30.9 Å². The van der Waals surface area contributed by atoms with Gasteiger partial charge in [-0.3, -0.25) is 0 Å². The van der Waals surface area contributed by atoms with E-state index in [1.54, 1.807) is 42.5 Å². The number of hydrogen-bond acceptors (Lipinski definition) is 0. The van der Waals surface area contributed by atoms with E-state index in [2.05, 4.69) is 0 Å². The third-order valence-corrected chi connectivity index (χ3v) is 3.10. The first-order valence-electron chi connectivity index (χ1n) is 6.16. The van der Waals surface area contributed by atoms with Crippen LogP contribution in [0.25, 0.3) is 11.1 Å². The monoisotopic (exact) mass is 264 g/mol. The van der Waals surface area contributed by atoms with Gasteiger partial charge in [0, 0.05) is 0 Å². The highest BCUT2D eigenvalue weighted by Gasteiger charge is 2.34. The maximum Gasteiger partial charge on any atom is 0.417 e. The lowest BCUT2D eigenvalue weighted by molar-refractivity contribution is -0.137. The lowest BCUT2D eigenvalue weighted by atomic mass is 9.93. The molecule has 2 aromatic carbocycles. The molecule has 2 rings (SSSR count). The first-order chi connectivity index (χ1) is 8.89. The molecular weight excluding hydrogens is 249 g/mol. The molecular formula is C16H15F3. The third kappa shape index (κ3) is 2.98. The Morgan fingerprint density at radius 2 is 1.53 bits per heavy atom. The van der Waals surface area contributed by atoms with Crippen molar-refractivity contribution in [1.29, 1.82) is 0 Å². The van der Waals surface area contributed by atoms with E-state index in [-0.39, 0.29) is 11.5 Å². The van der Waals surface area contributed by atoms with Crippen LogP contribution in [-0.4, -0.2) is 0 Å². The zero-order valence-corrected chi connectivity index (χ0v) is 10.8. The summed E-state index contributed by atoms with van der Waals surface area (Å²) in [5, 5.41) is 0. The molecule has 0 atom stereocenters. The van der Waals surface area contributed by atoms with Crippen molar-refractivity contribution in [1.82, 2.24) is 0 Å². The fraction of sp³-hybridized carbons (Fsp3) is 0.250. The van der Waals surface area contributed by atoms with Gasteiger partial charge in [-0.1, -0.05) is 56.3 Å². The second kappa shape index (κ2) is 5.08. The molecule has 0 amide bonds. The highest BCUT2D eigenvalue weighted by Crippen LogP contribution is 2.38. The van der Waals surface area contributed by atoms with Crippen LogP contribution in [0.2, 0.25) is 0 Å². The Balaban J connectivity index is 2.62. The van der Waals surface area contributed by atoms with E-state index >= 15 is 0 Å². The van der Waals surface area contributed by atoms with Gasteiger partial charge in [-0.25, -0.2) is 0 Å². The van der Waals surface area contributed by atoms with Crippen LogP contribution in [0, 0.1) is 0 Å². The summed E-state index contributed by atoms with van der Waals surface area (Å²) in [7, 11) is 0. The van der Waals surface area contributed by atoms with Gasteiger partial charge in [0.25, 0.3) is 0 Å². The number of halogens is 3. The smallest absolute Gasteiger partial charge is 0.166 e. The molecule has 19 heavy (non-hydrogen) atoms. The van der Waals surface area contributed by atoms with E-state index in [0.29, 0.717) is 11.1 Å². The Morgan fingerprint density at radius 3 is 2.05 bits per heavy atom. The van der Waals surface area contributed by atoms with Crippen molar-refractivity contribution in [3.63, 3.8) is 0 Å². The Bertz CT molecular complexity index is 554. The molecule has 0 unspecified atom stereocenters. The topological polar surface area (TPSA) is 0 Å². The van der Waals surface area contributed by atoms with Crippen molar-refractivity contribution in [3.8, 4) is 11.1 Å². The van der Waals surface area contributed by atoms with E-state index in [0.717, 1.165) is 0 Å². The average Bonchev–Trinajstić information content (AvgIpc) is 2.38. The molecule has 0 aliphatic heterocycles. The Hall–Kier alpha value is -1.77. The van der Waals surface area contributed by atoms with Gasteiger partial charge in [-0.15, -0.1) is 0 Å². The Morgan fingerprint density at radius 1 is 0.895 bits per heavy atom. The number of rotatable bonds is 2. The van der Waals surface area contributed by atoms with Crippen molar-refractivity contribution < 1.29 is 13.2 Å². The van der Waals surface area contributed by atoms with Crippen molar-refractivity contribution in [3.05, 3.63) is 59.7 Å². The molecule has 0 saturated carbocycles. The van der Waals surface area contributed by atoms with Gasteiger partial charge in [-0.05, 0) is 28.7 Å². The van der Waals surface area contributed by atoms with Crippen molar-refractivity contribution in [2.75, 3.05) is 0 Å². The molecule has 2 aromatic rings. The first-order valence-corrected chi connectivity index (χ1v) is 6.16. The van der Waals surface area contributed by atoms with Gasteiger partial charge < -0.3 is 0 Å². The quantitative estimate of drug-likeness (QED) is 0.672. The molecule has 0 fully saturated rings. The summed E-state index contributed by atoms with van der Waals surface area (Å²) in [6.45, 7) is 3.77. The summed E-state index contributed by atoms with van der Waals surface area (Å²) in [6.07, 6.45) is -4.34. The fourth-order valence-electron chi connectivity index (χ4n) is 2.02. The number of hydrogen-bond donors (Lipinski definition) is 0.